The summed E-state index contributed by atoms with van der Waals surface area (Å²) in [6.07, 6.45) is 2.33. The third-order valence-electron chi connectivity index (χ3n) is 4.12. The molecule has 0 spiro atoms. The first-order valence-corrected chi connectivity index (χ1v) is 10.2. The van der Waals surface area contributed by atoms with Gasteiger partial charge in [0.2, 0.25) is 0 Å². The van der Waals surface area contributed by atoms with Crippen LogP contribution < -0.4 is 10.6 Å². The summed E-state index contributed by atoms with van der Waals surface area (Å²) in [7, 11) is 1.54. The Morgan fingerprint density at radius 2 is 2.13 bits per heavy atom. The largest absolute Gasteiger partial charge is 0.383 e. The number of hydrogen-bond acceptors (Lipinski definition) is 7. The van der Waals surface area contributed by atoms with Crippen molar-refractivity contribution in [2.24, 2.45) is 0 Å². The predicted octanol–water partition coefficient (Wildman–Crippen LogP) is 4.61. The van der Waals surface area contributed by atoms with Crippen LogP contribution in [0.2, 0.25) is 5.02 Å². The monoisotopic (exact) mass is 446 g/mol. The lowest BCUT2D eigenvalue weighted by atomic mass is 10.1. The number of benzene rings is 2. The molecular weight excluding hydrogens is 428 g/mol. The van der Waals surface area contributed by atoms with Crippen LogP contribution in [0.5, 0.6) is 0 Å². The molecule has 2 N–H and O–H groups in total. The van der Waals surface area contributed by atoms with Crippen LogP contribution in [0.25, 0.3) is 0 Å². The van der Waals surface area contributed by atoms with Crippen molar-refractivity contribution in [3.05, 3.63) is 79.8 Å². The van der Waals surface area contributed by atoms with Gasteiger partial charge in [-0.2, -0.15) is 0 Å². The van der Waals surface area contributed by atoms with E-state index in [9.17, 15) is 14.9 Å². The van der Waals surface area contributed by atoms with Gasteiger partial charge in [-0.05, 0) is 29.8 Å². The fourth-order valence-electron chi connectivity index (χ4n) is 2.73. The Kier molecular flexibility index (Phi) is 7.34. The summed E-state index contributed by atoms with van der Waals surface area (Å²) >= 11 is 7.34. The molecule has 30 heavy (non-hydrogen) atoms. The number of hydrogen-bond donors (Lipinski definition) is 2. The maximum absolute atomic E-state index is 12.5. The van der Waals surface area contributed by atoms with Gasteiger partial charge in [-0.1, -0.05) is 23.7 Å². The molecule has 0 fully saturated rings. The molecule has 3 rings (SSSR count). The fourth-order valence-corrected chi connectivity index (χ4v) is 3.78. The maximum Gasteiger partial charge on any atom is 0.293 e. The molecular formula is C20H19ClN4O4S. The van der Waals surface area contributed by atoms with Gasteiger partial charge in [0.1, 0.15) is 5.69 Å². The Bertz CT molecular complexity index is 1060. The van der Waals surface area contributed by atoms with E-state index in [-0.39, 0.29) is 11.3 Å². The van der Waals surface area contributed by atoms with Crippen molar-refractivity contribution in [3.63, 3.8) is 0 Å². The first-order chi connectivity index (χ1) is 14.5. The number of nitrogens with one attached hydrogen (secondary N) is 2. The molecule has 0 saturated heterocycles. The van der Waals surface area contributed by atoms with E-state index in [4.69, 9.17) is 16.3 Å². The Morgan fingerprint density at radius 3 is 2.87 bits per heavy atom. The van der Waals surface area contributed by atoms with Gasteiger partial charge >= 0.3 is 0 Å². The van der Waals surface area contributed by atoms with Crippen molar-refractivity contribution in [2.45, 2.75) is 6.42 Å². The van der Waals surface area contributed by atoms with Crippen LogP contribution in [-0.4, -0.2) is 36.1 Å². The first-order valence-electron chi connectivity index (χ1n) is 8.98. The van der Waals surface area contributed by atoms with Crippen LogP contribution in [-0.2, 0) is 11.2 Å². The summed E-state index contributed by atoms with van der Waals surface area (Å²) in [6.45, 7) is 0.818. The minimum absolute atomic E-state index is 0.172. The third kappa shape index (κ3) is 5.76. The standard InChI is InChI=1S/C20H19ClN4O4S/c1-29-8-7-22-17-6-5-14(11-18(17)25(27)28)19(26)24-20-23-12-16(30-20)10-13-3-2-4-15(21)9-13/h2-6,9,11-12,22H,7-8,10H2,1H3,(H,23,24,26). The van der Waals surface area contributed by atoms with E-state index in [0.717, 1.165) is 10.4 Å². The lowest BCUT2D eigenvalue weighted by Gasteiger charge is -2.08. The van der Waals surface area contributed by atoms with Gasteiger partial charge in [0.15, 0.2) is 5.13 Å². The van der Waals surface area contributed by atoms with Crippen LogP contribution >= 0.6 is 22.9 Å². The van der Waals surface area contributed by atoms with E-state index in [1.807, 2.05) is 18.2 Å². The second kappa shape index (κ2) is 10.1. The Labute approximate surface area is 182 Å². The number of ether oxygens (including phenoxy) is 1. The average molecular weight is 447 g/mol. The van der Waals surface area contributed by atoms with Gasteiger partial charge in [0, 0.05) is 47.8 Å². The number of methoxy groups -OCH3 is 1. The van der Waals surface area contributed by atoms with E-state index in [2.05, 4.69) is 15.6 Å². The zero-order chi connectivity index (χ0) is 21.5. The SMILES string of the molecule is COCCNc1ccc(C(=O)Nc2ncc(Cc3cccc(Cl)c3)s2)cc1[N+](=O)[O-]. The molecule has 156 valence electrons. The number of thiazole rings is 1. The van der Waals surface area contributed by atoms with Crippen molar-refractivity contribution in [2.75, 3.05) is 30.9 Å². The zero-order valence-electron chi connectivity index (χ0n) is 16.1. The van der Waals surface area contributed by atoms with E-state index in [0.29, 0.717) is 35.4 Å². The molecule has 1 heterocycles. The molecule has 10 heteroatoms. The number of rotatable bonds is 9. The molecule has 3 aromatic rings. The number of carbonyl (C=O) groups is 1. The van der Waals surface area contributed by atoms with Crippen molar-refractivity contribution in [1.82, 2.24) is 4.98 Å². The average Bonchev–Trinajstić information content (AvgIpc) is 3.14. The Hall–Kier alpha value is -3.01. The predicted molar refractivity (Wildman–Crippen MR) is 118 cm³/mol. The van der Waals surface area contributed by atoms with Crippen molar-refractivity contribution in [3.8, 4) is 0 Å². The third-order valence-corrected chi connectivity index (χ3v) is 5.27. The molecule has 1 aromatic heterocycles. The number of nitro groups is 1. The first kappa shape index (κ1) is 21.7. The van der Waals surface area contributed by atoms with Crippen molar-refractivity contribution in [1.29, 1.82) is 0 Å². The minimum atomic E-state index is -0.529. The van der Waals surface area contributed by atoms with Gasteiger partial charge in [-0.25, -0.2) is 4.98 Å². The second-order valence-corrected chi connectivity index (χ2v) is 7.85. The number of anilines is 2. The minimum Gasteiger partial charge on any atom is -0.383 e. The highest BCUT2D eigenvalue weighted by Crippen LogP contribution is 2.27. The molecule has 0 bridgehead atoms. The van der Waals surface area contributed by atoms with Gasteiger partial charge in [0.25, 0.3) is 11.6 Å². The molecule has 0 aliphatic heterocycles. The van der Waals surface area contributed by atoms with E-state index < -0.39 is 10.8 Å². The normalized spacial score (nSPS) is 10.6. The van der Waals surface area contributed by atoms with E-state index >= 15 is 0 Å². The number of aromatic nitrogens is 1. The number of nitrogens with zero attached hydrogens (tertiary/aromatic N) is 2. The summed E-state index contributed by atoms with van der Waals surface area (Å²) in [5.41, 5.74) is 1.35. The van der Waals surface area contributed by atoms with Crippen LogP contribution in [0.3, 0.4) is 0 Å². The summed E-state index contributed by atoms with van der Waals surface area (Å²) in [6, 6.07) is 11.8. The number of carbonyl (C=O) groups excluding carboxylic acids is 1. The molecule has 0 unspecified atom stereocenters. The number of nitro benzene ring substituents is 1. The van der Waals surface area contributed by atoms with E-state index in [1.165, 1.54) is 29.5 Å². The molecule has 1 amide bonds. The Balaban J connectivity index is 1.69. The molecule has 0 aliphatic rings. The molecule has 0 saturated carbocycles. The van der Waals surface area contributed by atoms with Crippen LogP contribution in [0.1, 0.15) is 20.8 Å². The van der Waals surface area contributed by atoms with Crippen LogP contribution in [0.15, 0.2) is 48.7 Å². The van der Waals surface area contributed by atoms with Crippen LogP contribution in [0, 0.1) is 10.1 Å². The van der Waals surface area contributed by atoms with Gasteiger partial charge in [-0.15, -0.1) is 11.3 Å². The molecule has 0 aliphatic carbocycles. The Morgan fingerprint density at radius 1 is 1.30 bits per heavy atom. The number of halogens is 1. The highest BCUT2D eigenvalue weighted by Gasteiger charge is 2.18. The molecule has 0 radical (unpaired) electrons. The fraction of sp³-hybridized carbons (Fsp3) is 0.200. The number of amides is 1. The molecule has 2 aromatic carbocycles. The summed E-state index contributed by atoms with van der Waals surface area (Å²) in [4.78, 5) is 28.6. The highest BCUT2D eigenvalue weighted by atomic mass is 35.5. The zero-order valence-corrected chi connectivity index (χ0v) is 17.6. The quantitative estimate of drug-likeness (QED) is 0.282. The summed E-state index contributed by atoms with van der Waals surface area (Å²) in [5.74, 6) is -0.467. The lowest BCUT2D eigenvalue weighted by Crippen LogP contribution is -2.13. The molecule has 0 atom stereocenters. The topological polar surface area (TPSA) is 106 Å². The summed E-state index contributed by atoms with van der Waals surface area (Å²) in [5, 5.41) is 18.1. The van der Waals surface area contributed by atoms with Gasteiger partial charge in [0.05, 0.1) is 11.5 Å². The van der Waals surface area contributed by atoms with Gasteiger partial charge in [-0.3, -0.25) is 20.2 Å². The van der Waals surface area contributed by atoms with Crippen molar-refractivity contribution >= 4 is 45.4 Å². The van der Waals surface area contributed by atoms with E-state index in [1.54, 1.807) is 19.4 Å². The van der Waals surface area contributed by atoms with Gasteiger partial charge < -0.3 is 10.1 Å². The van der Waals surface area contributed by atoms with Crippen LogP contribution in [0.4, 0.5) is 16.5 Å². The maximum atomic E-state index is 12.5. The summed E-state index contributed by atoms with van der Waals surface area (Å²) < 4.78 is 4.93. The second-order valence-electron chi connectivity index (χ2n) is 6.30. The highest BCUT2D eigenvalue weighted by molar-refractivity contribution is 7.15. The van der Waals surface area contributed by atoms with Crippen molar-refractivity contribution < 1.29 is 14.5 Å². The smallest absolute Gasteiger partial charge is 0.293 e. The molecule has 8 nitrogen and oxygen atoms in total. The lowest BCUT2D eigenvalue weighted by molar-refractivity contribution is -0.384.